The largest absolute Gasteiger partial charge is 0.489 e. The zero-order valence-electron chi connectivity index (χ0n) is 11.5. The van der Waals surface area contributed by atoms with Gasteiger partial charge in [-0.15, -0.1) is 0 Å². The first kappa shape index (κ1) is 13.6. The van der Waals surface area contributed by atoms with Crippen molar-refractivity contribution in [1.29, 1.82) is 0 Å². The van der Waals surface area contributed by atoms with Gasteiger partial charge in [0.1, 0.15) is 12.4 Å². The maximum atomic E-state index is 5.87. The summed E-state index contributed by atoms with van der Waals surface area (Å²) in [7, 11) is 0. The van der Waals surface area contributed by atoms with Crippen LogP contribution in [0.3, 0.4) is 0 Å². The number of nitrogens with two attached hydrogens (primary N) is 1. The minimum atomic E-state index is 0.132. The van der Waals surface area contributed by atoms with Gasteiger partial charge in [0.15, 0.2) is 0 Å². The van der Waals surface area contributed by atoms with Crippen LogP contribution in [0, 0.1) is 0 Å². The third kappa shape index (κ3) is 3.83. The van der Waals surface area contributed by atoms with Crippen molar-refractivity contribution in [3.05, 3.63) is 47.8 Å². The first-order chi connectivity index (χ1) is 9.19. The van der Waals surface area contributed by atoms with Crippen LogP contribution in [0.4, 0.5) is 0 Å². The Balaban J connectivity index is 2.02. The number of hydrogen-bond acceptors (Lipinski definition) is 3. The summed E-state index contributed by atoms with van der Waals surface area (Å²) in [5.41, 5.74) is 8.09. The summed E-state index contributed by atoms with van der Waals surface area (Å²) < 4.78 is 7.77. The SMILES string of the molecule is CCn1cc(COc2ccccc2CC(C)N)cn1. The zero-order valence-corrected chi connectivity index (χ0v) is 11.5. The molecule has 19 heavy (non-hydrogen) atoms. The predicted octanol–water partition coefficient (Wildman–Crippen LogP) is 2.37. The van der Waals surface area contributed by atoms with Crippen molar-refractivity contribution in [1.82, 2.24) is 9.78 Å². The van der Waals surface area contributed by atoms with E-state index < -0.39 is 0 Å². The Bertz CT molecular complexity index is 520. The van der Waals surface area contributed by atoms with Gasteiger partial charge in [0.25, 0.3) is 0 Å². The molecule has 1 atom stereocenters. The van der Waals surface area contributed by atoms with Crippen LogP contribution in [-0.2, 0) is 19.6 Å². The second kappa shape index (κ2) is 6.38. The van der Waals surface area contributed by atoms with Crippen LogP contribution in [0.5, 0.6) is 5.75 Å². The Morgan fingerprint density at radius 2 is 2.16 bits per heavy atom. The third-order valence-electron chi connectivity index (χ3n) is 2.92. The summed E-state index contributed by atoms with van der Waals surface area (Å²) in [5, 5.41) is 4.23. The van der Waals surface area contributed by atoms with E-state index in [2.05, 4.69) is 18.1 Å². The van der Waals surface area contributed by atoms with E-state index in [1.165, 1.54) is 0 Å². The van der Waals surface area contributed by atoms with E-state index in [0.717, 1.165) is 29.8 Å². The molecule has 2 rings (SSSR count). The first-order valence-electron chi connectivity index (χ1n) is 6.66. The quantitative estimate of drug-likeness (QED) is 0.866. The molecule has 2 aromatic rings. The van der Waals surface area contributed by atoms with E-state index in [9.17, 15) is 0 Å². The Kier molecular flexibility index (Phi) is 4.58. The lowest BCUT2D eigenvalue weighted by Crippen LogP contribution is -2.18. The van der Waals surface area contributed by atoms with E-state index in [1.807, 2.05) is 42.2 Å². The number of aromatic nitrogens is 2. The fraction of sp³-hybridized carbons (Fsp3) is 0.400. The number of benzene rings is 1. The molecule has 1 unspecified atom stereocenters. The van der Waals surface area contributed by atoms with E-state index in [1.54, 1.807) is 0 Å². The second-order valence-electron chi connectivity index (χ2n) is 4.78. The molecule has 1 aromatic carbocycles. The highest BCUT2D eigenvalue weighted by Crippen LogP contribution is 2.20. The average Bonchev–Trinajstić information content (AvgIpc) is 2.85. The maximum absolute atomic E-state index is 5.87. The predicted molar refractivity (Wildman–Crippen MR) is 76.0 cm³/mol. The fourth-order valence-electron chi connectivity index (χ4n) is 1.98. The number of aryl methyl sites for hydroxylation is 1. The summed E-state index contributed by atoms with van der Waals surface area (Å²) in [6.45, 7) is 5.48. The zero-order chi connectivity index (χ0) is 13.7. The van der Waals surface area contributed by atoms with Crippen molar-refractivity contribution in [2.75, 3.05) is 0 Å². The van der Waals surface area contributed by atoms with Crippen LogP contribution in [0.1, 0.15) is 25.0 Å². The van der Waals surface area contributed by atoms with E-state index in [0.29, 0.717) is 6.61 Å². The third-order valence-corrected chi connectivity index (χ3v) is 2.92. The van der Waals surface area contributed by atoms with Crippen molar-refractivity contribution < 1.29 is 4.74 Å². The van der Waals surface area contributed by atoms with Gasteiger partial charge in [0.05, 0.1) is 6.20 Å². The molecule has 0 bridgehead atoms. The van der Waals surface area contributed by atoms with Gasteiger partial charge in [0.2, 0.25) is 0 Å². The van der Waals surface area contributed by atoms with Gasteiger partial charge in [-0.2, -0.15) is 5.10 Å². The van der Waals surface area contributed by atoms with Crippen molar-refractivity contribution in [3.63, 3.8) is 0 Å². The molecule has 1 aromatic heterocycles. The molecule has 102 valence electrons. The van der Waals surface area contributed by atoms with Crippen LogP contribution < -0.4 is 10.5 Å². The fourth-order valence-corrected chi connectivity index (χ4v) is 1.98. The Morgan fingerprint density at radius 3 is 2.84 bits per heavy atom. The minimum Gasteiger partial charge on any atom is -0.489 e. The topological polar surface area (TPSA) is 53.1 Å². The highest BCUT2D eigenvalue weighted by molar-refractivity contribution is 5.34. The molecule has 1 heterocycles. The van der Waals surface area contributed by atoms with Crippen LogP contribution >= 0.6 is 0 Å². The number of hydrogen-bond donors (Lipinski definition) is 1. The molecule has 0 aliphatic heterocycles. The number of nitrogens with zero attached hydrogens (tertiary/aromatic N) is 2. The summed E-state index contributed by atoms with van der Waals surface area (Å²) in [6.07, 6.45) is 4.68. The molecule has 4 heteroatoms. The summed E-state index contributed by atoms with van der Waals surface area (Å²) in [4.78, 5) is 0. The van der Waals surface area contributed by atoms with Crippen LogP contribution in [-0.4, -0.2) is 15.8 Å². The van der Waals surface area contributed by atoms with E-state index in [-0.39, 0.29) is 6.04 Å². The monoisotopic (exact) mass is 259 g/mol. The lowest BCUT2D eigenvalue weighted by atomic mass is 10.1. The Hall–Kier alpha value is -1.81. The molecule has 2 N–H and O–H groups in total. The van der Waals surface area contributed by atoms with Gasteiger partial charge in [-0.3, -0.25) is 4.68 Å². The van der Waals surface area contributed by atoms with E-state index >= 15 is 0 Å². The summed E-state index contributed by atoms with van der Waals surface area (Å²) in [6, 6.07) is 8.18. The van der Waals surface area contributed by atoms with Crippen molar-refractivity contribution >= 4 is 0 Å². The Labute approximate surface area is 114 Å². The Morgan fingerprint density at radius 1 is 1.37 bits per heavy atom. The molecule has 0 spiro atoms. The van der Waals surface area contributed by atoms with Gasteiger partial charge in [0, 0.05) is 24.3 Å². The average molecular weight is 259 g/mol. The smallest absolute Gasteiger partial charge is 0.123 e. The second-order valence-corrected chi connectivity index (χ2v) is 4.78. The molecule has 0 radical (unpaired) electrons. The van der Waals surface area contributed by atoms with Crippen molar-refractivity contribution in [3.8, 4) is 5.75 Å². The molecule has 0 aliphatic rings. The maximum Gasteiger partial charge on any atom is 0.123 e. The van der Waals surface area contributed by atoms with E-state index in [4.69, 9.17) is 10.5 Å². The molecule has 4 nitrogen and oxygen atoms in total. The van der Waals surface area contributed by atoms with Gasteiger partial charge >= 0.3 is 0 Å². The molecular formula is C15H21N3O. The normalized spacial score (nSPS) is 12.4. The lowest BCUT2D eigenvalue weighted by molar-refractivity contribution is 0.302. The summed E-state index contributed by atoms with van der Waals surface area (Å²) >= 11 is 0. The van der Waals surface area contributed by atoms with Crippen molar-refractivity contribution in [2.45, 2.75) is 39.5 Å². The number of ether oxygens (including phenoxy) is 1. The lowest BCUT2D eigenvalue weighted by Gasteiger charge is -2.12. The van der Waals surface area contributed by atoms with Gasteiger partial charge in [-0.25, -0.2) is 0 Å². The highest BCUT2D eigenvalue weighted by Gasteiger charge is 2.06. The van der Waals surface area contributed by atoms with Gasteiger partial charge < -0.3 is 10.5 Å². The molecular weight excluding hydrogens is 238 g/mol. The number of rotatable bonds is 6. The number of para-hydroxylation sites is 1. The van der Waals surface area contributed by atoms with Crippen LogP contribution in [0.25, 0.3) is 0 Å². The van der Waals surface area contributed by atoms with Crippen molar-refractivity contribution in [2.24, 2.45) is 5.73 Å². The molecule has 0 saturated heterocycles. The highest BCUT2D eigenvalue weighted by atomic mass is 16.5. The van der Waals surface area contributed by atoms with Crippen LogP contribution in [0.15, 0.2) is 36.7 Å². The molecule has 0 aliphatic carbocycles. The van der Waals surface area contributed by atoms with Gasteiger partial charge in [-0.05, 0) is 31.9 Å². The van der Waals surface area contributed by atoms with Crippen LogP contribution in [0.2, 0.25) is 0 Å². The first-order valence-corrected chi connectivity index (χ1v) is 6.66. The molecule has 0 amide bonds. The summed E-state index contributed by atoms with van der Waals surface area (Å²) in [5.74, 6) is 0.907. The standard InChI is InChI=1S/C15H21N3O/c1-3-18-10-13(9-17-18)11-19-15-7-5-4-6-14(15)8-12(2)16/h4-7,9-10,12H,3,8,11,16H2,1-2H3. The van der Waals surface area contributed by atoms with Gasteiger partial charge in [-0.1, -0.05) is 18.2 Å². The minimum absolute atomic E-state index is 0.132. The molecule has 0 fully saturated rings. The molecule has 0 saturated carbocycles.